The molecule has 0 bridgehead atoms. The molecule has 1 N–H and O–H groups in total. The minimum absolute atomic E-state index is 0.0474. The number of nitrogens with one attached hydrogen (secondary N) is 1. The third-order valence-corrected chi connectivity index (χ3v) is 4.67. The van der Waals surface area contributed by atoms with Crippen molar-refractivity contribution in [1.29, 1.82) is 0 Å². The van der Waals surface area contributed by atoms with Crippen molar-refractivity contribution in [2.75, 3.05) is 16.8 Å². The van der Waals surface area contributed by atoms with Crippen LogP contribution in [-0.4, -0.2) is 23.3 Å². The second kappa shape index (κ2) is 7.70. The molecule has 1 aliphatic heterocycles. The van der Waals surface area contributed by atoms with Gasteiger partial charge in [-0.3, -0.25) is 19.7 Å². The molecular formula is C18H13ClF3N3O4. The van der Waals surface area contributed by atoms with Crippen molar-refractivity contribution < 1.29 is 27.7 Å². The number of hydrogen-bond donors (Lipinski definition) is 1. The maximum atomic E-state index is 12.9. The van der Waals surface area contributed by atoms with Crippen LogP contribution in [0.2, 0.25) is 5.02 Å². The average Bonchev–Trinajstić information content (AvgIpc) is 2.64. The highest BCUT2D eigenvalue weighted by atomic mass is 35.5. The van der Waals surface area contributed by atoms with Gasteiger partial charge < -0.3 is 10.2 Å². The SMILES string of the molecule is O=C(CN1C(=O)CCc2cc([N+](=O)[O-])ccc21)Nc1cc(C(F)(F)F)ccc1Cl. The van der Waals surface area contributed by atoms with Crippen LogP contribution in [0.25, 0.3) is 0 Å². The molecule has 2 aromatic carbocycles. The fourth-order valence-electron chi connectivity index (χ4n) is 2.96. The summed E-state index contributed by atoms with van der Waals surface area (Å²) in [5.74, 6) is -1.14. The predicted molar refractivity (Wildman–Crippen MR) is 98.9 cm³/mol. The number of amides is 2. The summed E-state index contributed by atoms with van der Waals surface area (Å²) in [5, 5.41) is 13.1. The van der Waals surface area contributed by atoms with Gasteiger partial charge >= 0.3 is 6.18 Å². The summed E-state index contributed by atoms with van der Waals surface area (Å²) in [6, 6.07) is 6.42. The van der Waals surface area contributed by atoms with Crippen LogP contribution in [0.4, 0.5) is 30.2 Å². The summed E-state index contributed by atoms with van der Waals surface area (Å²) in [7, 11) is 0. The molecule has 2 aromatic rings. The zero-order valence-electron chi connectivity index (χ0n) is 14.6. The molecule has 0 atom stereocenters. The predicted octanol–water partition coefficient (Wildman–Crippen LogP) is 4.18. The summed E-state index contributed by atoms with van der Waals surface area (Å²) in [6.45, 7) is -0.476. The number of nitro benzene ring substituents is 1. The molecule has 0 saturated heterocycles. The van der Waals surface area contributed by atoms with Crippen LogP contribution in [0.15, 0.2) is 36.4 Å². The van der Waals surface area contributed by atoms with Crippen molar-refractivity contribution in [1.82, 2.24) is 0 Å². The van der Waals surface area contributed by atoms with Crippen molar-refractivity contribution in [3.63, 3.8) is 0 Å². The van der Waals surface area contributed by atoms with Gasteiger partial charge in [0.15, 0.2) is 0 Å². The van der Waals surface area contributed by atoms with E-state index in [1.807, 2.05) is 0 Å². The monoisotopic (exact) mass is 427 g/mol. The second-order valence-corrected chi connectivity index (χ2v) is 6.70. The molecule has 152 valence electrons. The molecule has 1 heterocycles. The molecule has 0 fully saturated rings. The lowest BCUT2D eigenvalue weighted by Gasteiger charge is -2.28. The first kappa shape index (κ1) is 20.6. The molecule has 0 radical (unpaired) electrons. The number of rotatable bonds is 4. The zero-order valence-corrected chi connectivity index (χ0v) is 15.4. The number of fused-ring (bicyclic) bond motifs is 1. The van der Waals surface area contributed by atoms with E-state index in [1.165, 1.54) is 18.2 Å². The van der Waals surface area contributed by atoms with E-state index >= 15 is 0 Å². The highest BCUT2D eigenvalue weighted by molar-refractivity contribution is 6.33. The lowest BCUT2D eigenvalue weighted by molar-refractivity contribution is -0.384. The number of anilines is 2. The summed E-state index contributed by atoms with van der Waals surface area (Å²) in [5.41, 5.74) is -0.483. The van der Waals surface area contributed by atoms with E-state index < -0.39 is 29.1 Å². The second-order valence-electron chi connectivity index (χ2n) is 6.29. The number of alkyl halides is 3. The Morgan fingerprint density at radius 3 is 2.59 bits per heavy atom. The Balaban J connectivity index is 1.81. The first-order valence-corrected chi connectivity index (χ1v) is 8.68. The maximum Gasteiger partial charge on any atom is 0.416 e. The van der Waals surface area contributed by atoms with Gasteiger partial charge in [0.2, 0.25) is 11.8 Å². The Labute approximate surface area is 167 Å². The number of halogens is 4. The smallest absolute Gasteiger partial charge is 0.323 e. The van der Waals surface area contributed by atoms with Gasteiger partial charge in [-0.2, -0.15) is 13.2 Å². The van der Waals surface area contributed by atoms with Gasteiger partial charge in [-0.15, -0.1) is 0 Å². The summed E-state index contributed by atoms with van der Waals surface area (Å²) < 4.78 is 38.6. The maximum absolute atomic E-state index is 12.9. The number of carbonyl (C=O) groups excluding carboxylic acids is 2. The average molecular weight is 428 g/mol. The van der Waals surface area contributed by atoms with E-state index in [9.17, 15) is 32.9 Å². The van der Waals surface area contributed by atoms with Gasteiger partial charge in [0.1, 0.15) is 6.54 Å². The lowest BCUT2D eigenvalue weighted by atomic mass is 10.0. The first-order chi connectivity index (χ1) is 13.6. The van der Waals surface area contributed by atoms with Crippen LogP contribution in [0.5, 0.6) is 0 Å². The standard InChI is InChI=1S/C18H13ClF3N3O4/c19-13-4-2-11(18(20,21)22)8-14(13)23-16(26)9-24-15-5-3-12(25(28)29)7-10(15)1-6-17(24)27/h2-5,7-8H,1,6,9H2,(H,23,26). The molecule has 7 nitrogen and oxygen atoms in total. The molecule has 0 aliphatic carbocycles. The number of carbonyl (C=O) groups is 2. The fourth-order valence-corrected chi connectivity index (χ4v) is 3.13. The van der Waals surface area contributed by atoms with Crippen molar-refractivity contribution in [2.24, 2.45) is 0 Å². The van der Waals surface area contributed by atoms with Gasteiger partial charge in [-0.1, -0.05) is 11.6 Å². The number of aryl methyl sites for hydroxylation is 1. The Kier molecular flexibility index (Phi) is 5.47. The van der Waals surface area contributed by atoms with Crippen molar-refractivity contribution in [3.8, 4) is 0 Å². The minimum Gasteiger partial charge on any atom is -0.323 e. The van der Waals surface area contributed by atoms with E-state index in [4.69, 9.17) is 11.6 Å². The van der Waals surface area contributed by atoms with Gasteiger partial charge in [0, 0.05) is 24.2 Å². The molecule has 0 aromatic heterocycles. The van der Waals surface area contributed by atoms with E-state index in [1.54, 1.807) is 0 Å². The molecular weight excluding hydrogens is 415 g/mol. The molecule has 1 aliphatic rings. The minimum atomic E-state index is -4.61. The molecule has 3 rings (SSSR count). The number of nitro groups is 1. The highest BCUT2D eigenvalue weighted by Crippen LogP contribution is 2.34. The number of benzene rings is 2. The third-order valence-electron chi connectivity index (χ3n) is 4.34. The van der Waals surface area contributed by atoms with Gasteiger partial charge in [0.25, 0.3) is 5.69 Å². The van der Waals surface area contributed by atoms with Crippen molar-refractivity contribution in [2.45, 2.75) is 19.0 Å². The van der Waals surface area contributed by atoms with Crippen molar-refractivity contribution >= 4 is 40.5 Å². The van der Waals surface area contributed by atoms with Crippen LogP contribution < -0.4 is 10.2 Å². The first-order valence-electron chi connectivity index (χ1n) is 8.30. The number of nitrogens with zero attached hydrogens (tertiary/aromatic N) is 2. The quantitative estimate of drug-likeness (QED) is 0.585. The zero-order chi connectivity index (χ0) is 21.3. The normalized spacial score (nSPS) is 13.8. The number of non-ortho nitro benzene ring substituents is 1. The Hall–Kier alpha value is -3.14. The fraction of sp³-hybridized carbons (Fsp3) is 0.222. The highest BCUT2D eigenvalue weighted by Gasteiger charge is 2.32. The molecule has 0 unspecified atom stereocenters. The summed E-state index contributed by atoms with van der Waals surface area (Å²) >= 11 is 5.86. The van der Waals surface area contributed by atoms with Crippen LogP contribution in [0.3, 0.4) is 0 Å². The Morgan fingerprint density at radius 2 is 1.93 bits per heavy atom. The van der Waals surface area contributed by atoms with Crippen LogP contribution in [0.1, 0.15) is 17.5 Å². The van der Waals surface area contributed by atoms with Crippen LogP contribution >= 0.6 is 11.6 Å². The Morgan fingerprint density at radius 1 is 1.21 bits per heavy atom. The van der Waals surface area contributed by atoms with E-state index in [0.717, 1.165) is 17.0 Å². The summed E-state index contributed by atoms with van der Waals surface area (Å²) in [6.07, 6.45) is -4.28. The largest absolute Gasteiger partial charge is 0.416 e. The molecule has 2 amide bonds. The van der Waals surface area contributed by atoms with Gasteiger partial charge in [0.05, 0.1) is 21.2 Å². The van der Waals surface area contributed by atoms with Gasteiger partial charge in [-0.25, -0.2) is 0 Å². The Bertz CT molecular complexity index is 1010. The van der Waals surface area contributed by atoms with Crippen LogP contribution in [-0.2, 0) is 22.2 Å². The van der Waals surface area contributed by atoms with Gasteiger partial charge in [-0.05, 0) is 36.2 Å². The molecule has 11 heteroatoms. The molecule has 0 saturated carbocycles. The lowest BCUT2D eigenvalue weighted by Crippen LogP contribution is -2.41. The third kappa shape index (κ3) is 4.48. The van der Waals surface area contributed by atoms with E-state index in [-0.39, 0.29) is 35.1 Å². The topological polar surface area (TPSA) is 92.5 Å². The van der Waals surface area contributed by atoms with E-state index in [2.05, 4.69) is 5.32 Å². The molecule has 29 heavy (non-hydrogen) atoms. The molecule has 0 spiro atoms. The number of hydrogen-bond acceptors (Lipinski definition) is 4. The van der Waals surface area contributed by atoms with Crippen LogP contribution in [0, 0.1) is 10.1 Å². The van der Waals surface area contributed by atoms with Crippen molar-refractivity contribution in [3.05, 3.63) is 62.7 Å². The van der Waals surface area contributed by atoms with E-state index in [0.29, 0.717) is 17.3 Å². The summed E-state index contributed by atoms with van der Waals surface area (Å²) in [4.78, 5) is 36.1.